The number of carbonyl (C=O) groups is 1. The van der Waals surface area contributed by atoms with Crippen LogP contribution in [0.4, 0.5) is 13.2 Å². The Balaban J connectivity index is 5.26. The average molecular weight is 246 g/mol. The van der Waals surface area contributed by atoms with Crippen molar-refractivity contribution in [3.05, 3.63) is 11.2 Å². The Morgan fingerprint density at radius 2 is 1.87 bits per heavy atom. The first-order chi connectivity index (χ1) is 6.60. The van der Waals surface area contributed by atoms with E-state index in [0.717, 1.165) is 0 Å². The molecule has 4 nitrogen and oxygen atoms in total. The van der Waals surface area contributed by atoms with Crippen molar-refractivity contribution in [3.63, 3.8) is 0 Å². The first kappa shape index (κ1) is 13.9. The summed E-state index contributed by atoms with van der Waals surface area (Å²) in [7, 11) is -4.25. The summed E-state index contributed by atoms with van der Waals surface area (Å²) in [6.45, 7) is 1.40. The van der Waals surface area contributed by atoms with Crippen molar-refractivity contribution in [1.29, 1.82) is 0 Å². The molecule has 0 aliphatic rings. The zero-order valence-corrected chi connectivity index (χ0v) is 8.78. The predicted molar refractivity (Wildman–Crippen MR) is 45.6 cm³/mol. The largest absolute Gasteiger partial charge is 0.500 e. The number of halogens is 3. The number of ketones is 1. The summed E-state index contributed by atoms with van der Waals surface area (Å²) < 4.78 is 61.9. The molecule has 0 saturated heterocycles. The van der Waals surface area contributed by atoms with Crippen LogP contribution in [-0.4, -0.2) is 33.2 Å². The molecular formula is C7H9F3O4S. The number of alkyl halides is 3. The van der Waals surface area contributed by atoms with Crippen molar-refractivity contribution in [2.45, 2.75) is 13.1 Å². The van der Waals surface area contributed by atoms with Crippen molar-refractivity contribution in [2.75, 3.05) is 12.9 Å². The lowest BCUT2D eigenvalue weighted by Gasteiger charge is -2.07. The van der Waals surface area contributed by atoms with Crippen molar-refractivity contribution >= 4 is 15.6 Å². The molecule has 8 heteroatoms. The van der Waals surface area contributed by atoms with Gasteiger partial charge in [0.05, 0.1) is 6.61 Å². The summed E-state index contributed by atoms with van der Waals surface area (Å²) in [6, 6.07) is 0. The molecule has 0 rings (SSSR count). The lowest BCUT2D eigenvalue weighted by atomic mass is 10.4. The summed E-state index contributed by atoms with van der Waals surface area (Å²) in [4.78, 5) is 9.27. The topological polar surface area (TPSA) is 60.4 Å². The first-order valence-corrected chi connectivity index (χ1v) is 5.63. The third kappa shape index (κ3) is 4.32. The number of rotatable bonds is 4. The van der Waals surface area contributed by atoms with Crippen molar-refractivity contribution in [2.24, 2.45) is 0 Å². The molecule has 0 saturated carbocycles. The zero-order chi connectivity index (χ0) is 12.3. The number of carbonyl (C=O) groups excluding carboxylic acids is 1. The lowest BCUT2D eigenvalue weighted by Crippen LogP contribution is -2.28. The van der Waals surface area contributed by atoms with Crippen LogP contribution < -0.4 is 0 Å². The monoisotopic (exact) mass is 246 g/mol. The fraction of sp³-hybridized carbons (Fsp3) is 0.571. The van der Waals surface area contributed by atoms with Crippen LogP contribution in [0, 0.1) is 0 Å². The van der Waals surface area contributed by atoms with Gasteiger partial charge >= 0.3 is 6.18 Å². The molecule has 0 aromatic heterocycles. The van der Waals surface area contributed by atoms with E-state index in [-0.39, 0.29) is 6.61 Å². The SMILES string of the molecule is CCO/C=C(/C(=O)C(F)(F)F)S(C)(=O)=O. The third-order valence-corrected chi connectivity index (χ3v) is 2.32. The van der Waals surface area contributed by atoms with Crippen molar-refractivity contribution in [1.82, 2.24) is 0 Å². The Morgan fingerprint density at radius 3 is 2.13 bits per heavy atom. The number of hydrogen-bond acceptors (Lipinski definition) is 4. The van der Waals surface area contributed by atoms with Crippen LogP contribution in [-0.2, 0) is 19.4 Å². The van der Waals surface area contributed by atoms with Crippen LogP contribution in [0.1, 0.15) is 6.92 Å². The molecular weight excluding hydrogens is 237 g/mol. The minimum Gasteiger partial charge on any atom is -0.500 e. The van der Waals surface area contributed by atoms with E-state index in [0.29, 0.717) is 12.5 Å². The summed E-state index contributed by atoms with van der Waals surface area (Å²) in [5, 5.41) is 0. The van der Waals surface area contributed by atoms with Crippen molar-refractivity contribution in [3.8, 4) is 0 Å². The molecule has 0 heterocycles. The van der Waals surface area contributed by atoms with E-state index in [2.05, 4.69) is 4.74 Å². The molecule has 0 aromatic carbocycles. The van der Waals surface area contributed by atoms with Gasteiger partial charge < -0.3 is 4.74 Å². The Labute approximate surface area is 84.6 Å². The van der Waals surface area contributed by atoms with E-state index in [9.17, 15) is 26.4 Å². The molecule has 0 aliphatic heterocycles. The first-order valence-electron chi connectivity index (χ1n) is 3.74. The average Bonchev–Trinajstić information content (AvgIpc) is 2.00. The molecule has 0 aromatic rings. The highest BCUT2D eigenvalue weighted by Crippen LogP contribution is 2.23. The van der Waals surface area contributed by atoms with Gasteiger partial charge in [-0.15, -0.1) is 0 Å². The number of Topliss-reactive ketones (excluding diaryl/α,β-unsaturated/α-hetero) is 1. The highest BCUT2D eigenvalue weighted by molar-refractivity contribution is 7.95. The lowest BCUT2D eigenvalue weighted by molar-refractivity contribution is -0.165. The fourth-order valence-electron chi connectivity index (χ4n) is 0.608. The maximum Gasteiger partial charge on any atom is 0.455 e. The van der Waals surface area contributed by atoms with Crippen LogP contribution in [0.5, 0.6) is 0 Å². The third-order valence-electron chi connectivity index (χ3n) is 1.24. The minimum atomic E-state index is -5.23. The van der Waals surface area contributed by atoms with Gasteiger partial charge in [-0.25, -0.2) is 8.42 Å². The van der Waals surface area contributed by atoms with Gasteiger partial charge in [0.25, 0.3) is 5.78 Å². The summed E-state index contributed by atoms with van der Waals surface area (Å²) >= 11 is 0. The van der Waals surface area contributed by atoms with Gasteiger partial charge in [0.1, 0.15) is 6.26 Å². The van der Waals surface area contributed by atoms with Gasteiger partial charge in [0.15, 0.2) is 14.7 Å². The molecule has 0 fully saturated rings. The van der Waals surface area contributed by atoms with Gasteiger partial charge in [0, 0.05) is 6.26 Å². The minimum absolute atomic E-state index is 0.0375. The molecule has 15 heavy (non-hydrogen) atoms. The molecule has 0 bridgehead atoms. The van der Waals surface area contributed by atoms with Gasteiger partial charge in [-0.05, 0) is 6.92 Å². The Morgan fingerprint density at radius 1 is 1.40 bits per heavy atom. The van der Waals surface area contributed by atoms with Gasteiger partial charge in [-0.2, -0.15) is 13.2 Å². The second kappa shape index (κ2) is 4.65. The molecule has 0 unspecified atom stereocenters. The van der Waals surface area contributed by atoms with Gasteiger partial charge in [-0.1, -0.05) is 0 Å². The van der Waals surface area contributed by atoms with E-state index in [4.69, 9.17) is 0 Å². The summed E-state index contributed by atoms with van der Waals surface area (Å²) in [6.07, 6.45) is -4.42. The second-order valence-corrected chi connectivity index (χ2v) is 4.52. The van der Waals surface area contributed by atoms with Crippen LogP contribution in [0.25, 0.3) is 0 Å². The van der Waals surface area contributed by atoms with E-state index < -0.39 is 26.7 Å². The number of hydrogen-bond donors (Lipinski definition) is 0. The van der Waals surface area contributed by atoms with Crippen LogP contribution in [0.15, 0.2) is 11.2 Å². The highest BCUT2D eigenvalue weighted by Gasteiger charge is 2.44. The Bertz CT molecular complexity index is 366. The Kier molecular flexibility index (Phi) is 4.32. The molecule has 88 valence electrons. The van der Waals surface area contributed by atoms with E-state index in [1.807, 2.05) is 0 Å². The van der Waals surface area contributed by atoms with E-state index >= 15 is 0 Å². The van der Waals surface area contributed by atoms with Crippen LogP contribution in [0.2, 0.25) is 0 Å². The number of sulfone groups is 1. The maximum atomic E-state index is 11.9. The van der Waals surface area contributed by atoms with Crippen LogP contribution in [0.3, 0.4) is 0 Å². The van der Waals surface area contributed by atoms with Gasteiger partial charge in [-0.3, -0.25) is 4.79 Å². The second-order valence-electron chi connectivity index (χ2n) is 2.54. The molecule has 0 atom stereocenters. The van der Waals surface area contributed by atoms with E-state index in [1.54, 1.807) is 0 Å². The standard InChI is InChI=1S/C7H9F3O4S/c1-3-14-4-5(15(2,12)13)6(11)7(8,9)10/h4H,3H2,1-2H3/b5-4-. The van der Waals surface area contributed by atoms with Gasteiger partial charge in [0.2, 0.25) is 0 Å². The van der Waals surface area contributed by atoms with Crippen LogP contribution >= 0.6 is 0 Å². The van der Waals surface area contributed by atoms with Crippen molar-refractivity contribution < 1.29 is 31.1 Å². The predicted octanol–water partition coefficient (Wildman–Crippen LogP) is 1.04. The fourth-order valence-corrected chi connectivity index (χ4v) is 1.30. The summed E-state index contributed by atoms with van der Waals surface area (Å²) in [5.74, 6) is -2.43. The Hall–Kier alpha value is -1.05. The normalized spacial score (nSPS) is 13.8. The number of allylic oxidation sites excluding steroid dienone is 1. The molecule has 0 spiro atoms. The molecule has 0 radical (unpaired) electrons. The quantitative estimate of drug-likeness (QED) is 0.549. The summed E-state index contributed by atoms with van der Waals surface area (Å²) in [5.41, 5.74) is 0. The molecule has 0 amide bonds. The highest BCUT2D eigenvalue weighted by atomic mass is 32.2. The molecule has 0 aliphatic carbocycles. The number of ether oxygens (including phenoxy) is 1. The zero-order valence-electron chi connectivity index (χ0n) is 7.96. The van der Waals surface area contributed by atoms with E-state index in [1.165, 1.54) is 6.92 Å². The smallest absolute Gasteiger partial charge is 0.455 e. The maximum absolute atomic E-state index is 11.9. The molecule has 0 N–H and O–H groups in total.